The van der Waals surface area contributed by atoms with Gasteiger partial charge in [0.25, 0.3) is 5.91 Å². The Morgan fingerprint density at radius 3 is 2.68 bits per heavy atom. The number of aromatic nitrogens is 1. The molecule has 2 aromatic carbocycles. The molecule has 1 heterocycles. The third kappa shape index (κ3) is 3.88. The van der Waals surface area contributed by atoms with Crippen LogP contribution in [-0.4, -0.2) is 24.6 Å². The second-order valence-corrected chi connectivity index (χ2v) is 5.32. The zero-order valence-electron chi connectivity index (χ0n) is 13.4. The maximum absolute atomic E-state index is 12.3. The lowest BCUT2D eigenvalue weighted by atomic mass is 10.2. The predicted molar refractivity (Wildman–Crippen MR) is 89.1 cm³/mol. The van der Waals surface area contributed by atoms with Crippen molar-refractivity contribution < 1.29 is 23.0 Å². The monoisotopic (exact) mass is 346 g/mol. The van der Waals surface area contributed by atoms with E-state index < -0.39 is 6.61 Å². The number of aromatic amines is 1. The molecule has 3 rings (SSSR count). The van der Waals surface area contributed by atoms with Gasteiger partial charge in [-0.25, -0.2) is 0 Å². The van der Waals surface area contributed by atoms with Crippen LogP contribution < -0.4 is 14.8 Å². The molecule has 0 aliphatic carbocycles. The minimum Gasteiger partial charge on any atom is -0.493 e. The summed E-state index contributed by atoms with van der Waals surface area (Å²) in [6.45, 7) is -2.71. The van der Waals surface area contributed by atoms with Crippen LogP contribution in [0.15, 0.2) is 48.5 Å². The number of benzene rings is 2. The molecule has 0 spiro atoms. The SMILES string of the molecule is COc1cc(CNC(=O)c2cc3ccccc3[nH]2)ccc1OC(F)F. The molecule has 25 heavy (non-hydrogen) atoms. The van der Waals surface area contributed by atoms with Crippen molar-refractivity contribution in [1.29, 1.82) is 0 Å². The van der Waals surface area contributed by atoms with Gasteiger partial charge in [0.2, 0.25) is 0 Å². The van der Waals surface area contributed by atoms with Crippen LogP contribution >= 0.6 is 0 Å². The van der Waals surface area contributed by atoms with E-state index in [1.165, 1.54) is 13.2 Å². The molecule has 1 amide bonds. The van der Waals surface area contributed by atoms with Gasteiger partial charge in [-0.15, -0.1) is 0 Å². The minimum absolute atomic E-state index is 0.0526. The number of nitrogens with one attached hydrogen (secondary N) is 2. The molecule has 0 aliphatic rings. The van der Waals surface area contributed by atoms with E-state index in [1.54, 1.807) is 18.2 Å². The average molecular weight is 346 g/mol. The van der Waals surface area contributed by atoms with E-state index in [4.69, 9.17) is 4.74 Å². The van der Waals surface area contributed by atoms with Crippen molar-refractivity contribution in [3.63, 3.8) is 0 Å². The van der Waals surface area contributed by atoms with Crippen LogP contribution in [0.5, 0.6) is 11.5 Å². The normalized spacial score (nSPS) is 10.9. The third-order valence-corrected chi connectivity index (χ3v) is 3.67. The fourth-order valence-corrected chi connectivity index (χ4v) is 2.49. The van der Waals surface area contributed by atoms with Gasteiger partial charge in [-0.1, -0.05) is 24.3 Å². The first-order valence-corrected chi connectivity index (χ1v) is 7.54. The second-order valence-electron chi connectivity index (χ2n) is 5.32. The number of alkyl halides is 2. The number of amides is 1. The summed E-state index contributed by atoms with van der Waals surface area (Å²) < 4.78 is 34.1. The van der Waals surface area contributed by atoms with Crippen LogP contribution in [0.1, 0.15) is 16.1 Å². The quantitative estimate of drug-likeness (QED) is 0.715. The number of halogens is 2. The zero-order valence-corrected chi connectivity index (χ0v) is 13.4. The van der Waals surface area contributed by atoms with Gasteiger partial charge in [0.05, 0.1) is 7.11 Å². The van der Waals surface area contributed by atoms with Gasteiger partial charge in [-0.2, -0.15) is 8.78 Å². The largest absolute Gasteiger partial charge is 0.493 e. The molecule has 7 heteroatoms. The first-order chi connectivity index (χ1) is 12.1. The Morgan fingerprint density at radius 2 is 1.96 bits per heavy atom. The van der Waals surface area contributed by atoms with Crippen LogP contribution in [-0.2, 0) is 6.54 Å². The molecule has 2 N–H and O–H groups in total. The van der Waals surface area contributed by atoms with Crippen LogP contribution in [0.2, 0.25) is 0 Å². The lowest BCUT2D eigenvalue weighted by molar-refractivity contribution is -0.0512. The van der Waals surface area contributed by atoms with E-state index >= 15 is 0 Å². The number of methoxy groups -OCH3 is 1. The van der Waals surface area contributed by atoms with Crippen molar-refractivity contribution in [2.45, 2.75) is 13.2 Å². The van der Waals surface area contributed by atoms with E-state index in [-0.39, 0.29) is 24.0 Å². The summed E-state index contributed by atoms with van der Waals surface area (Å²) in [7, 11) is 1.36. The van der Waals surface area contributed by atoms with Gasteiger partial charge >= 0.3 is 6.61 Å². The van der Waals surface area contributed by atoms with Crippen LogP contribution in [0.4, 0.5) is 8.78 Å². The van der Waals surface area contributed by atoms with Gasteiger partial charge < -0.3 is 19.8 Å². The maximum Gasteiger partial charge on any atom is 0.387 e. The summed E-state index contributed by atoms with van der Waals surface area (Å²) in [4.78, 5) is 15.3. The summed E-state index contributed by atoms with van der Waals surface area (Å²) in [5, 5.41) is 3.72. The fourth-order valence-electron chi connectivity index (χ4n) is 2.49. The lowest BCUT2D eigenvalue weighted by Gasteiger charge is -2.11. The molecule has 5 nitrogen and oxygen atoms in total. The number of H-pyrrole nitrogens is 1. The summed E-state index contributed by atoms with van der Waals surface area (Å²) in [6, 6.07) is 13.9. The van der Waals surface area contributed by atoms with Gasteiger partial charge in [-0.05, 0) is 29.8 Å². The van der Waals surface area contributed by atoms with E-state index in [0.717, 1.165) is 10.9 Å². The molecule has 0 radical (unpaired) electrons. The third-order valence-electron chi connectivity index (χ3n) is 3.67. The second kappa shape index (κ2) is 7.21. The molecule has 0 atom stereocenters. The van der Waals surface area contributed by atoms with Gasteiger partial charge in [0, 0.05) is 17.4 Å². The predicted octanol–water partition coefficient (Wildman–Crippen LogP) is 3.71. The van der Waals surface area contributed by atoms with Crippen LogP contribution in [0.3, 0.4) is 0 Å². The van der Waals surface area contributed by atoms with Crippen molar-refractivity contribution >= 4 is 16.8 Å². The highest BCUT2D eigenvalue weighted by molar-refractivity contribution is 5.97. The molecule has 0 bridgehead atoms. The van der Waals surface area contributed by atoms with Crippen LogP contribution in [0.25, 0.3) is 10.9 Å². The van der Waals surface area contributed by atoms with Crippen LogP contribution in [0, 0.1) is 0 Å². The smallest absolute Gasteiger partial charge is 0.387 e. The highest BCUT2D eigenvalue weighted by atomic mass is 19.3. The molecule has 0 saturated carbocycles. The molecule has 1 aromatic heterocycles. The van der Waals surface area contributed by atoms with Gasteiger partial charge in [0.15, 0.2) is 11.5 Å². The zero-order chi connectivity index (χ0) is 17.8. The molecule has 0 unspecified atom stereocenters. The molecule has 130 valence electrons. The Balaban J connectivity index is 1.69. The van der Waals surface area contributed by atoms with Crippen molar-refractivity contribution in [2.75, 3.05) is 7.11 Å². The maximum atomic E-state index is 12.3. The van der Waals surface area contributed by atoms with Gasteiger partial charge in [0.1, 0.15) is 5.69 Å². The summed E-state index contributed by atoms with van der Waals surface area (Å²) in [5.74, 6) is -0.135. The fraction of sp³-hybridized carbons (Fsp3) is 0.167. The number of hydrogen-bond donors (Lipinski definition) is 2. The highest BCUT2D eigenvalue weighted by Crippen LogP contribution is 2.29. The number of para-hydroxylation sites is 1. The Labute approximate surface area is 142 Å². The van der Waals surface area contributed by atoms with Crippen molar-refractivity contribution in [1.82, 2.24) is 10.3 Å². The standard InChI is InChI=1S/C18H16F2N2O3/c1-24-16-8-11(6-7-15(16)25-18(19)20)10-21-17(23)14-9-12-4-2-3-5-13(12)22-14/h2-9,18,22H,10H2,1H3,(H,21,23). The Bertz CT molecular complexity index is 860. The van der Waals surface area contributed by atoms with E-state index in [0.29, 0.717) is 11.3 Å². The highest BCUT2D eigenvalue weighted by Gasteiger charge is 2.12. The Hall–Kier alpha value is -3.09. The van der Waals surface area contributed by atoms with E-state index in [1.807, 2.05) is 24.3 Å². The number of ether oxygens (including phenoxy) is 2. The number of carbonyl (C=O) groups excluding carboxylic acids is 1. The van der Waals surface area contributed by atoms with Crippen molar-refractivity contribution in [3.8, 4) is 11.5 Å². The molecule has 0 aliphatic heterocycles. The number of rotatable bonds is 6. The molecule has 0 fully saturated rings. The number of carbonyl (C=O) groups is 1. The first kappa shape index (κ1) is 16.8. The van der Waals surface area contributed by atoms with Crippen molar-refractivity contribution in [2.24, 2.45) is 0 Å². The minimum atomic E-state index is -2.93. The Kier molecular flexibility index (Phi) is 4.83. The molecular weight excluding hydrogens is 330 g/mol. The Morgan fingerprint density at radius 1 is 1.16 bits per heavy atom. The topological polar surface area (TPSA) is 63.3 Å². The number of fused-ring (bicyclic) bond motifs is 1. The summed E-state index contributed by atoms with van der Waals surface area (Å²) in [5.41, 5.74) is 2.02. The molecular formula is C18H16F2N2O3. The van der Waals surface area contributed by atoms with Gasteiger partial charge in [-0.3, -0.25) is 4.79 Å². The summed E-state index contributed by atoms with van der Waals surface area (Å²) >= 11 is 0. The molecule has 0 saturated heterocycles. The van der Waals surface area contributed by atoms with E-state index in [2.05, 4.69) is 15.0 Å². The molecule has 3 aromatic rings. The lowest BCUT2D eigenvalue weighted by Crippen LogP contribution is -2.23. The summed E-state index contributed by atoms with van der Waals surface area (Å²) in [6.07, 6.45) is 0. The average Bonchev–Trinajstić information content (AvgIpc) is 3.04. The van der Waals surface area contributed by atoms with E-state index in [9.17, 15) is 13.6 Å². The first-order valence-electron chi connectivity index (χ1n) is 7.54. The van der Waals surface area contributed by atoms with Crippen molar-refractivity contribution in [3.05, 3.63) is 59.8 Å². The number of hydrogen-bond acceptors (Lipinski definition) is 3.